The SMILES string of the molecule is CCOC(=O)C1O[C@H](CN=[N+]=[N-])[C@@H](O[Si](CC)(CC)CC)[C@H](O[Si](CC)(CC)CC)[C@H]1O[Si](CC)(CC)CC. The van der Waals surface area contributed by atoms with Crippen LogP contribution in [0.5, 0.6) is 0 Å². The number of carbonyl (C=O) groups excluding carboxylic acids is 1. The van der Waals surface area contributed by atoms with Gasteiger partial charge in [0.1, 0.15) is 12.2 Å². The zero-order valence-corrected chi connectivity index (χ0v) is 29.5. The Bertz CT molecular complexity index is 749. The van der Waals surface area contributed by atoms with Gasteiger partial charge in [0, 0.05) is 4.91 Å². The summed E-state index contributed by atoms with van der Waals surface area (Å²) >= 11 is 0. The molecule has 1 unspecified atom stereocenters. The quantitative estimate of drug-likeness (QED) is 0.0489. The van der Waals surface area contributed by atoms with Gasteiger partial charge in [0.05, 0.1) is 25.4 Å². The normalized spacial score (nSPS) is 24.3. The fourth-order valence-corrected chi connectivity index (χ4v) is 14.4. The van der Waals surface area contributed by atoms with Crippen LogP contribution in [0.1, 0.15) is 69.2 Å². The average molecular weight is 604 g/mol. The molecule has 5 atom stereocenters. The second-order valence-electron chi connectivity index (χ2n) is 10.7. The average Bonchev–Trinajstić information content (AvgIpc) is 2.98. The summed E-state index contributed by atoms with van der Waals surface area (Å²) in [6, 6.07) is 8.54. The number of hydrogen-bond donors (Lipinski definition) is 0. The fourth-order valence-electron chi connectivity index (χ4n) is 5.86. The molecule has 9 nitrogen and oxygen atoms in total. The minimum atomic E-state index is -2.20. The molecule has 0 radical (unpaired) electrons. The van der Waals surface area contributed by atoms with Crippen molar-refractivity contribution < 1.29 is 27.5 Å². The van der Waals surface area contributed by atoms with Crippen LogP contribution in [-0.2, 0) is 27.5 Å². The number of nitrogens with zero attached hydrogens (tertiary/aromatic N) is 3. The Kier molecular flexibility index (Phi) is 16.1. The number of azide groups is 1. The molecule has 1 aliphatic heterocycles. The maximum absolute atomic E-state index is 13.5. The van der Waals surface area contributed by atoms with E-state index in [1.165, 1.54) is 0 Å². The summed E-state index contributed by atoms with van der Waals surface area (Å²) in [5.74, 6) is -0.451. The second-order valence-corrected chi connectivity index (χ2v) is 24.9. The smallest absolute Gasteiger partial charge is 0.338 e. The zero-order valence-electron chi connectivity index (χ0n) is 26.5. The van der Waals surface area contributed by atoms with Gasteiger partial charge in [0.15, 0.2) is 31.1 Å². The molecule has 0 saturated carbocycles. The Balaban J connectivity index is 3.92. The van der Waals surface area contributed by atoms with Crippen molar-refractivity contribution in [2.45, 2.75) is 154 Å². The molecule has 0 aromatic carbocycles. The van der Waals surface area contributed by atoms with Crippen LogP contribution in [0.3, 0.4) is 0 Å². The highest BCUT2D eigenvalue weighted by Crippen LogP contribution is 2.39. The van der Waals surface area contributed by atoms with Crippen molar-refractivity contribution in [2.75, 3.05) is 13.2 Å². The van der Waals surface area contributed by atoms with Gasteiger partial charge in [-0.15, -0.1) is 0 Å². The third-order valence-corrected chi connectivity index (χ3v) is 23.3. The van der Waals surface area contributed by atoms with Crippen LogP contribution in [0, 0.1) is 0 Å². The van der Waals surface area contributed by atoms with E-state index in [9.17, 15) is 10.3 Å². The highest BCUT2D eigenvalue weighted by atomic mass is 28.4. The summed E-state index contributed by atoms with van der Waals surface area (Å²) in [4.78, 5) is 16.5. The summed E-state index contributed by atoms with van der Waals surface area (Å²) in [6.07, 6.45) is -3.24. The molecule has 0 aromatic heterocycles. The van der Waals surface area contributed by atoms with Gasteiger partial charge in [-0.25, -0.2) is 4.79 Å². The molecular formula is C27H57N3O6Si3. The molecule has 1 aliphatic rings. The van der Waals surface area contributed by atoms with Crippen LogP contribution < -0.4 is 0 Å². The highest BCUT2D eigenvalue weighted by Gasteiger charge is 2.56. The lowest BCUT2D eigenvalue weighted by molar-refractivity contribution is -0.218. The van der Waals surface area contributed by atoms with Crippen molar-refractivity contribution in [3.8, 4) is 0 Å². The van der Waals surface area contributed by atoms with Gasteiger partial charge in [-0.3, -0.25) is 0 Å². The van der Waals surface area contributed by atoms with Crippen LogP contribution in [0.15, 0.2) is 5.11 Å². The van der Waals surface area contributed by atoms with E-state index in [0.717, 1.165) is 54.4 Å². The van der Waals surface area contributed by atoms with Crippen molar-refractivity contribution in [2.24, 2.45) is 5.11 Å². The third-order valence-electron chi connectivity index (χ3n) is 9.43. The number of esters is 1. The van der Waals surface area contributed by atoms with Gasteiger partial charge in [-0.05, 0) is 66.9 Å². The van der Waals surface area contributed by atoms with E-state index in [2.05, 4.69) is 72.3 Å². The van der Waals surface area contributed by atoms with Gasteiger partial charge >= 0.3 is 5.97 Å². The molecule has 0 aliphatic carbocycles. The number of carbonyl (C=O) groups is 1. The van der Waals surface area contributed by atoms with Crippen molar-refractivity contribution >= 4 is 30.9 Å². The maximum Gasteiger partial charge on any atom is 0.338 e. The van der Waals surface area contributed by atoms with Gasteiger partial charge in [-0.1, -0.05) is 67.4 Å². The van der Waals surface area contributed by atoms with Crippen molar-refractivity contribution in [3.05, 3.63) is 10.4 Å². The third kappa shape index (κ3) is 8.88. The molecule has 0 amide bonds. The van der Waals surface area contributed by atoms with Gasteiger partial charge < -0.3 is 22.8 Å². The summed E-state index contributed by atoms with van der Waals surface area (Å²) in [5, 5.41) is 3.90. The van der Waals surface area contributed by atoms with Crippen LogP contribution in [0.4, 0.5) is 0 Å². The van der Waals surface area contributed by atoms with Gasteiger partial charge in [0.2, 0.25) is 0 Å². The molecule has 1 rings (SSSR count). The van der Waals surface area contributed by atoms with E-state index in [4.69, 9.17) is 22.8 Å². The number of ether oxygens (including phenoxy) is 2. The maximum atomic E-state index is 13.5. The minimum absolute atomic E-state index is 0.0576. The molecule has 0 spiro atoms. The first-order valence-electron chi connectivity index (χ1n) is 15.5. The monoisotopic (exact) mass is 603 g/mol. The molecule has 39 heavy (non-hydrogen) atoms. The van der Waals surface area contributed by atoms with Crippen LogP contribution >= 0.6 is 0 Å². The molecule has 0 N–H and O–H groups in total. The van der Waals surface area contributed by atoms with Crippen LogP contribution in [0.25, 0.3) is 10.4 Å². The molecule has 0 aromatic rings. The van der Waals surface area contributed by atoms with E-state index in [1.54, 1.807) is 6.92 Å². The lowest BCUT2D eigenvalue weighted by atomic mass is 9.95. The standard InChI is InChI=1S/C27H57N3O6Si3/c1-11-32-27(31)26-25(36-39(18-8,19-9)20-10)24(35-38(15-5,16-6)17-7)23(22(33-26)21-29-30-28)34-37(12-2,13-3)14-4/h22-26H,11-21H2,1-10H3/t22-,23-,24+,25-,26?/m1/s1. The Hall–Kier alpha value is -0.729. The molecule has 12 heteroatoms. The Morgan fingerprint density at radius 2 is 1.08 bits per heavy atom. The lowest BCUT2D eigenvalue weighted by Crippen LogP contribution is -2.68. The van der Waals surface area contributed by atoms with E-state index in [1.807, 2.05) is 0 Å². The first-order chi connectivity index (χ1) is 18.6. The fraction of sp³-hybridized carbons (Fsp3) is 0.963. The lowest BCUT2D eigenvalue weighted by Gasteiger charge is -2.52. The predicted molar refractivity (Wildman–Crippen MR) is 166 cm³/mol. The molecule has 228 valence electrons. The molecule has 1 saturated heterocycles. The van der Waals surface area contributed by atoms with E-state index in [0.29, 0.717) is 0 Å². The summed E-state index contributed by atoms with van der Waals surface area (Å²) < 4.78 is 33.7. The Morgan fingerprint density at radius 1 is 0.692 bits per heavy atom. The molecule has 1 heterocycles. The van der Waals surface area contributed by atoms with Gasteiger partial charge in [0.25, 0.3) is 0 Å². The number of rotatable bonds is 19. The predicted octanol–water partition coefficient (Wildman–Crippen LogP) is 7.80. The van der Waals surface area contributed by atoms with Gasteiger partial charge in [-0.2, -0.15) is 0 Å². The zero-order chi connectivity index (χ0) is 29.7. The molecular weight excluding hydrogens is 547 g/mol. The Morgan fingerprint density at radius 3 is 1.44 bits per heavy atom. The molecule has 1 fully saturated rings. The highest BCUT2D eigenvalue weighted by molar-refractivity contribution is 6.74. The largest absolute Gasteiger partial charge is 0.464 e. The molecule has 0 bridgehead atoms. The first kappa shape index (κ1) is 36.3. The van der Waals surface area contributed by atoms with Crippen LogP contribution in [-0.4, -0.2) is 74.6 Å². The van der Waals surface area contributed by atoms with E-state index < -0.39 is 61.4 Å². The van der Waals surface area contributed by atoms with Crippen molar-refractivity contribution in [1.29, 1.82) is 0 Å². The Labute approximate surface area is 241 Å². The van der Waals surface area contributed by atoms with Crippen molar-refractivity contribution in [1.82, 2.24) is 0 Å². The van der Waals surface area contributed by atoms with E-state index in [-0.39, 0.29) is 13.2 Å². The summed E-state index contributed by atoms with van der Waals surface area (Å²) in [6.45, 7) is 21.9. The van der Waals surface area contributed by atoms with E-state index >= 15 is 0 Å². The number of hydrogen-bond acceptors (Lipinski definition) is 7. The topological polar surface area (TPSA) is 112 Å². The van der Waals surface area contributed by atoms with Crippen LogP contribution in [0.2, 0.25) is 54.4 Å². The summed E-state index contributed by atoms with van der Waals surface area (Å²) in [7, 11) is -6.54. The van der Waals surface area contributed by atoms with Crippen molar-refractivity contribution in [3.63, 3.8) is 0 Å². The summed E-state index contributed by atoms with van der Waals surface area (Å²) in [5.41, 5.74) is 9.22. The minimum Gasteiger partial charge on any atom is -0.464 e. The first-order valence-corrected chi connectivity index (χ1v) is 23.1. The second kappa shape index (κ2) is 17.3.